The minimum absolute atomic E-state index is 0.00210. The molecule has 12 nitrogen and oxygen atoms in total. The summed E-state index contributed by atoms with van der Waals surface area (Å²) in [5.41, 5.74) is 7.86. The monoisotopic (exact) mass is 567 g/mol. The molecule has 4 aromatic rings. The molecule has 0 saturated heterocycles. The Bertz CT molecular complexity index is 1600. The molecule has 0 fully saturated rings. The van der Waals surface area contributed by atoms with E-state index in [2.05, 4.69) is 5.32 Å². The van der Waals surface area contributed by atoms with E-state index in [1.54, 1.807) is 6.92 Å². The summed E-state index contributed by atoms with van der Waals surface area (Å²) in [6.45, 7) is 2.30. The van der Waals surface area contributed by atoms with Crippen LogP contribution >= 0.6 is 0 Å². The van der Waals surface area contributed by atoms with Gasteiger partial charge < -0.3 is 11.1 Å². The third kappa shape index (κ3) is 6.51. The molecule has 4 rings (SSSR count). The quantitative estimate of drug-likeness (QED) is 0.166. The molecule has 4 aromatic carbocycles. The number of hydrogen-bond donors (Lipinski definition) is 2. The van der Waals surface area contributed by atoms with Crippen LogP contribution in [0.15, 0.2) is 91.0 Å². The molecular formula is C30H25N5O7. The maximum absolute atomic E-state index is 13.6. The zero-order valence-electron chi connectivity index (χ0n) is 22.4. The first kappa shape index (κ1) is 29.2. The molecule has 12 heteroatoms. The van der Waals surface area contributed by atoms with E-state index in [0.717, 1.165) is 40.3 Å². The van der Waals surface area contributed by atoms with Crippen LogP contribution in [0, 0.1) is 27.2 Å². The van der Waals surface area contributed by atoms with Crippen molar-refractivity contribution < 1.29 is 24.2 Å². The smallest absolute Gasteiger partial charge is 0.269 e. The van der Waals surface area contributed by atoms with E-state index >= 15 is 0 Å². The highest BCUT2D eigenvalue weighted by atomic mass is 16.6. The van der Waals surface area contributed by atoms with Crippen molar-refractivity contribution in [2.45, 2.75) is 20.0 Å². The van der Waals surface area contributed by atoms with E-state index in [0.29, 0.717) is 17.7 Å². The number of rotatable bonds is 9. The Labute approximate surface area is 239 Å². The van der Waals surface area contributed by atoms with Gasteiger partial charge in [0.2, 0.25) is 0 Å². The number of carbonyl (C=O) groups excluding carboxylic acids is 3. The summed E-state index contributed by atoms with van der Waals surface area (Å²) in [5, 5.41) is 25.0. The van der Waals surface area contributed by atoms with Crippen LogP contribution in [0.25, 0.3) is 0 Å². The summed E-state index contributed by atoms with van der Waals surface area (Å²) in [5.74, 6) is -1.94. The molecule has 0 radical (unpaired) electrons. The average Bonchev–Trinajstić information content (AvgIpc) is 3.00. The summed E-state index contributed by atoms with van der Waals surface area (Å²) in [6, 6.07) is 21.4. The van der Waals surface area contributed by atoms with Gasteiger partial charge in [0.1, 0.15) is 0 Å². The van der Waals surface area contributed by atoms with Gasteiger partial charge in [-0.2, -0.15) is 0 Å². The molecule has 0 saturated carbocycles. The van der Waals surface area contributed by atoms with Gasteiger partial charge in [-0.3, -0.25) is 34.6 Å². The molecule has 0 heterocycles. The number of amides is 3. The molecule has 0 bridgehead atoms. The standard InChI is InChI=1S/C30H25N5O7/c1-19-16-24(28(36)32-18-21-4-2-20(17-31)3-5-21)10-15-27(19)33(29(37)22-6-11-25(12-7-22)34(39)40)30(38)23-8-13-26(14-9-23)35(41)42/h2-16H,17-18,31H2,1H3,(H,32,36). The molecule has 0 spiro atoms. The minimum atomic E-state index is -0.783. The molecular weight excluding hydrogens is 542 g/mol. The van der Waals surface area contributed by atoms with Crippen LogP contribution in [0.2, 0.25) is 0 Å². The molecule has 0 aliphatic heterocycles. The molecule has 42 heavy (non-hydrogen) atoms. The van der Waals surface area contributed by atoms with Crippen molar-refractivity contribution in [2.24, 2.45) is 5.73 Å². The number of nitro groups is 2. The lowest BCUT2D eigenvalue weighted by Gasteiger charge is -2.23. The number of nitrogens with zero attached hydrogens (tertiary/aromatic N) is 3. The number of aryl methyl sites for hydroxylation is 1. The summed E-state index contributed by atoms with van der Waals surface area (Å²) < 4.78 is 0. The fourth-order valence-corrected chi connectivity index (χ4v) is 4.15. The SMILES string of the molecule is Cc1cc(C(=O)NCc2ccc(CN)cc2)ccc1N(C(=O)c1ccc([N+](=O)[O-])cc1)C(=O)c1ccc([N+](=O)[O-])cc1. The molecule has 212 valence electrons. The molecule has 3 amide bonds. The summed E-state index contributed by atoms with van der Waals surface area (Å²) in [7, 11) is 0. The lowest BCUT2D eigenvalue weighted by atomic mass is 10.0. The van der Waals surface area contributed by atoms with Crippen LogP contribution in [-0.2, 0) is 13.1 Å². The Hall–Kier alpha value is -5.75. The van der Waals surface area contributed by atoms with Gasteiger partial charge in [0.25, 0.3) is 29.1 Å². The predicted octanol–water partition coefficient (Wildman–Crippen LogP) is 4.69. The number of non-ortho nitro benzene ring substituents is 2. The van der Waals surface area contributed by atoms with Gasteiger partial charge in [0.15, 0.2) is 0 Å². The Balaban J connectivity index is 1.64. The van der Waals surface area contributed by atoms with Crippen molar-refractivity contribution >= 4 is 34.8 Å². The maximum atomic E-state index is 13.6. The lowest BCUT2D eigenvalue weighted by Crippen LogP contribution is -2.37. The first-order chi connectivity index (χ1) is 20.1. The highest BCUT2D eigenvalue weighted by Crippen LogP contribution is 2.27. The highest BCUT2D eigenvalue weighted by molar-refractivity contribution is 6.26. The lowest BCUT2D eigenvalue weighted by molar-refractivity contribution is -0.385. The van der Waals surface area contributed by atoms with Gasteiger partial charge in [-0.05, 0) is 66.1 Å². The third-order valence-corrected chi connectivity index (χ3v) is 6.47. The Kier molecular flexibility index (Phi) is 8.78. The predicted molar refractivity (Wildman–Crippen MR) is 154 cm³/mol. The molecule has 0 unspecified atom stereocenters. The molecule has 0 aliphatic carbocycles. The first-order valence-corrected chi connectivity index (χ1v) is 12.6. The largest absolute Gasteiger partial charge is 0.348 e. The fourth-order valence-electron chi connectivity index (χ4n) is 4.15. The molecule has 0 aromatic heterocycles. The van der Waals surface area contributed by atoms with Crippen molar-refractivity contribution in [3.63, 3.8) is 0 Å². The van der Waals surface area contributed by atoms with Crippen molar-refractivity contribution in [3.8, 4) is 0 Å². The third-order valence-electron chi connectivity index (χ3n) is 6.47. The molecule has 0 atom stereocenters. The summed E-state index contributed by atoms with van der Waals surface area (Å²) >= 11 is 0. The molecule has 0 aliphatic rings. The van der Waals surface area contributed by atoms with Gasteiger partial charge >= 0.3 is 0 Å². The van der Waals surface area contributed by atoms with Crippen LogP contribution in [0.4, 0.5) is 17.1 Å². The Morgan fingerprint density at radius 2 is 1.17 bits per heavy atom. The van der Waals surface area contributed by atoms with Crippen molar-refractivity contribution in [3.05, 3.63) is 145 Å². The van der Waals surface area contributed by atoms with Crippen LogP contribution in [0.3, 0.4) is 0 Å². The summed E-state index contributed by atoms with van der Waals surface area (Å²) in [4.78, 5) is 61.9. The van der Waals surface area contributed by atoms with Gasteiger partial charge in [-0.25, -0.2) is 4.90 Å². The normalized spacial score (nSPS) is 10.5. The maximum Gasteiger partial charge on any atom is 0.269 e. The number of hydrogen-bond acceptors (Lipinski definition) is 8. The second-order valence-electron chi connectivity index (χ2n) is 9.26. The van der Waals surface area contributed by atoms with Crippen molar-refractivity contribution in [1.29, 1.82) is 0 Å². The first-order valence-electron chi connectivity index (χ1n) is 12.6. The molecule has 3 N–H and O–H groups in total. The second kappa shape index (κ2) is 12.6. The van der Waals surface area contributed by atoms with E-state index in [4.69, 9.17) is 5.73 Å². The Morgan fingerprint density at radius 3 is 1.60 bits per heavy atom. The minimum Gasteiger partial charge on any atom is -0.348 e. The van der Waals surface area contributed by atoms with Crippen LogP contribution in [0.5, 0.6) is 0 Å². The van der Waals surface area contributed by atoms with E-state index < -0.39 is 21.7 Å². The number of nitrogens with one attached hydrogen (secondary N) is 1. The number of imide groups is 1. The van der Waals surface area contributed by atoms with Crippen molar-refractivity contribution in [2.75, 3.05) is 4.90 Å². The topological polar surface area (TPSA) is 179 Å². The number of carbonyl (C=O) groups is 3. The van der Waals surface area contributed by atoms with Gasteiger partial charge in [0, 0.05) is 54.0 Å². The number of nitrogens with two attached hydrogens (primary N) is 1. The summed E-state index contributed by atoms with van der Waals surface area (Å²) in [6.07, 6.45) is 0. The van der Waals surface area contributed by atoms with E-state index in [1.165, 1.54) is 42.5 Å². The van der Waals surface area contributed by atoms with Crippen LogP contribution in [-0.4, -0.2) is 27.6 Å². The zero-order chi connectivity index (χ0) is 30.4. The van der Waals surface area contributed by atoms with Gasteiger partial charge in [-0.15, -0.1) is 0 Å². The van der Waals surface area contributed by atoms with Gasteiger partial charge in [-0.1, -0.05) is 24.3 Å². The van der Waals surface area contributed by atoms with E-state index in [1.807, 2.05) is 24.3 Å². The number of anilines is 1. The van der Waals surface area contributed by atoms with Crippen LogP contribution in [0.1, 0.15) is 47.8 Å². The van der Waals surface area contributed by atoms with E-state index in [9.17, 15) is 34.6 Å². The highest BCUT2D eigenvalue weighted by Gasteiger charge is 2.28. The number of nitro benzene ring substituents is 2. The van der Waals surface area contributed by atoms with Crippen molar-refractivity contribution in [1.82, 2.24) is 5.32 Å². The second-order valence-corrected chi connectivity index (χ2v) is 9.26. The van der Waals surface area contributed by atoms with Crippen LogP contribution < -0.4 is 16.0 Å². The van der Waals surface area contributed by atoms with Gasteiger partial charge in [0.05, 0.1) is 15.5 Å². The average molecular weight is 568 g/mol. The Morgan fingerprint density at radius 1 is 0.714 bits per heavy atom. The number of benzene rings is 4. The fraction of sp³-hybridized carbons (Fsp3) is 0.100. The van der Waals surface area contributed by atoms with E-state index in [-0.39, 0.29) is 40.6 Å². The zero-order valence-corrected chi connectivity index (χ0v) is 22.4.